The van der Waals surface area contributed by atoms with Gasteiger partial charge in [-0.1, -0.05) is 0 Å². The Morgan fingerprint density at radius 1 is 1.23 bits per heavy atom. The number of piperidine rings is 1. The molecule has 0 amide bonds. The van der Waals surface area contributed by atoms with Gasteiger partial charge in [-0.3, -0.25) is 4.79 Å². The van der Waals surface area contributed by atoms with E-state index in [9.17, 15) is 4.79 Å². The molecule has 74 valence electrons. The summed E-state index contributed by atoms with van der Waals surface area (Å²) in [6, 6.07) is 0. The number of aldehydes is 1. The van der Waals surface area contributed by atoms with Crippen molar-refractivity contribution in [3.63, 3.8) is 0 Å². The van der Waals surface area contributed by atoms with E-state index in [1.54, 1.807) is 6.08 Å². The van der Waals surface area contributed by atoms with Crippen LogP contribution in [-0.4, -0.2) is 43.3 Å². The molecule has 3 heteroatoms. The number of hydrogen-bond donors (Lipinski definition) is 0. The zero-order valence-electron chi connectivity index (χ0n) is 8.49. The Kier molecular flexibility index (Phi) is 3.80. The van der Waals surface area contributed by atoms with E-state index in [1.165, 1.54) is 19.3 Å². The van der Waals surface area contributed by atoms with Gasteiger partial charge in [-0.15, -0.1) is 0 Å². The Balaban J connectivity index is 2.62. The molecule has 1 aliphatic heterocycles. The Morgan fingerprint density at radius 3 is 2.31 bits per heavy atom. The van der Waals surface area contributed by atoms with Crippen LogP contribution in [0.5, 0.6) is 0 Å². The van der Waals surface area contributed by atoms with Gasteiger partial charge in [0.2, 0.25) is 0 Å². The Bertz CT molecular complexity index is 193. The van der Waals surface area contributed by atoms with Crippen LogP contribution in [0.2, 0.25) is 0 Å². The number of nitrogens with zero attached hydrogens (tertiary/aromatic N) is 2. The molecule has 0 unspecified atom stereocenters. The maximum absolute atomic E-state index is 10.4. The minimum Gasteiger partial charge on any atom is -0.364 e. The van der Waals surface area contributed by atoms with Crippen LogP contribution in [0.3, 0.4) is 0 Å². The van der Waals surface area contributed by atoms with Gasteiger partial charge in [0.25, 0.3) is 0 Å². The van der Waals surface area contributed by atoms with E-state index < -0.39 is 0 Å². The van der Waals surface area contributed by atoms with Crippen LogP contribution >= 0.6 is 0 Å². The van der Waals surface area contributed by atoms with Gasteiger partial charge in [0.1, 0.15) is 12.1 Å². The number of likely N-dealkylation sites (tertiary alicyclic amines) is 1. The molecule has 0 radical (unpaired) electrons. The molecule has 0 spiro atoms. The van der Waals surface area contributed by atoms with Gasteiger partial charge in [0.05, 0.1) is 0 Å². The second-order valence-corrected chi connectivity index (χ2v) is 3.60. The minimum absolute atomic E-state index is 0.865. The van der Waals surface area contributed by atoms with Crippen molar-refractivity contribution in [1.82, 2.24) is 9.80 Å². The van der Waals surface area contributed by atoms with Crippen molar-refractivity contribution >= 4 is 6.29 Å². The van der Waals surface area contributed by atoms with Gasteiger partial charge in [0.15, 0.2) is 0 Å². The fraction of sp³-hybridized carbons (Fsp3) is 0.700. The zero-order valence-corrected chi connectivity index (χ0v) is 8.49. The summed E-state index contributed by atoms with van der Waals surface area (Å²) >= 11 is 0. The van der Waals surface area contributed by atoms with Crippen molar-refractivity contribution < 1.29 is 4.79 Å². The molecule has 1 heterocycles. The summed E-state index contributed by atoms with van der Waals surface area (Å²) in [7, 11) is 3.95. The topological polar surface area (TPSA) is 23.6 Å². The van der Waals surface area contributed by atoms with Crippen LogP contribution in [-0.2, 0) is 4.79 Å². The lowest BCUT2D eigenvalue weighted by Crippen LogP contribution is -2.35. The first kappa shape index (κ1) is 10.1. The van der Waals surface area contributed by atoms with Gasteiger partial charge in [-0.05, 0) is 19.3 Å². The summed E-state index contributed by atoms with van der Waals surface area (Å²) in [6.45, 7) is 2.16. The first-order valence-electron chi connectivity index (χ1n) is 4.83. The number of allylic oxidation sites excluding steroid dienone is 1. The second kappa shape index (κ2) is 4.90. The lowest BCUT2D eigenvalue weighted by Gasteiger charge is -2.34. The molecule has 0 aromatic heterocycles. The highest BCUT2D eigenvalue weighted by Crippen LogP contribution is 2.15. The molecule has 0 saturated carbocycles. The highest BCUT2D eigenvalue weighted by molar-refractivity contribution is 5.65. The SMILES string of the molecule is CN(C)C(=CC=O)N1CCCCC1. The number of carbonyl (C=O) groups excluding carboxylic acids is 1. The molecule has 1 aliphatic rings. The molecule has 0 bridgehead atoms. The molecule has 0 N–H and O–H groups in total. The van der Waals surface area contributed by atoms with Gasteiger partial charge in [-0.25, -0.2) is 0 Å². The lowest BCUT2D eigenvalue weighted by atomic mass is 10.1. The molecule has 0 aromatic carbocycles. The van der Waals surface area contributed by atoms with E-state index in [1.807, 2.05) is 19.0 Å². The fourth-order valence-corrected chi connectivity index (χ4v) is 1.72. The fourth-order valence-electron chi connectivity index (χ4n) is 1.72. The Morgan fingerprint density at radius 2 is 1.85 bits per heavy atom. The third-order valence-electron chi connectivity index (χ3n) is 2.36. The van der Waals surface area contributed by atoms with Crippen molar-refractivity contribution in [1.29, 1.82) is 0 Å². The zero-order chi connectivity index (χ0) is 9.68. The predicted molar refractivity (Wildman–Crippen MR) is 53.3 cm³/mol. The van der Waals surface area contributed by atoms with E-state index in [0.29, 0.717) is 0 Å². The van der Waals surface area contributed by atoms with Crippen molar-refractivity contribution in [2.24, 2.45) is 0 Å². The van der Waals surface area contributed by atoms with Crippen LogP contribution in [0.4, 0.5) is 0 Å². The van der Waals surface area contributed by atoms with Gasteiger partial charge in [-0.2, -0.15) is 0 Å². The first-order chi connectivity index (χ1) is 6.25. The largest absolute Gasteiger partial charge is 0.364 e. The molecule has 0 aliphatic carbocycles. The maximum Gasteiger partial charge on any atom is 0.146 e. The standard InChI is InChI=1S/C10H18N2O/c1-11(2)10(6-9-13)12-7-4-3-5-8-12/h6,9H,3-5,7-8H2,1-2H3. The predicted octanol–water partition coefficient (Wildman–Crippen LogP) is 1.07. The highest BCUT2D eigenvalue weighted by atomic mass is 16.1. The van der Waals surface area contributed by atoms with Crippen LogP contribution in [0.25, 0.3) is 0 Å². The van der Waals surface area contributed by atoms with Crippen LogP contribution in [0, 0.1) is 0 Å². The molecule has 0 aromatic rings. The van der Waals surface area contributed by atoms with Crippen LogP contribution in [0.15, 0.2) is 11.9 Å². The summed E-state index contributed by atoms with van der Waals surface area (Å²) in [6.07, 6.45) is 6.31. The quantitative estimate of drug-likeness (QED) is 0.482. The summed E-state index contributed by atoms with van der Waals surface area (Å²) in [4.78, 5) is 14.7. The molecule has 3 nitrogen and oxygen atoms in total. The smallest absolute Gasteiger partial charge is 0.146 e. The van der Waals surface area contributed by atoms with E-state index in [0.717, 1.165) is 25.2 Å². The molecule has 1 rings (SSSR count). The van der Waals surface area contributed by atoms with E-state index in [2.05, 4.69) is 4.90 Å². The van der Waals surface area contributed by atoms with Crippen LogP contribution < -0.4 is 0 Å². The summed E-state index contributed by atoms with van der Waals surface area (Å²) in [5.41, 5.74) is 0. The maximum atomic E-state index is 10.4. The molecular weight excluding hydrogens is 164 g/mol. The summed E-state index contributed by atoms with van der Waals surface area (Å²) in [5, 5.41) is 0. The second-order valence-electron chi connectivity index (χ2n) is 3.60. The Hall–Kier alpha value is -0.990. The lowest BCUT2D eigenvalue weighted by molar-refractivity contribution is -0.104. The average molecular weight is 182 g/mol. The Labute approximate surface area is 80.0 Å². The monoisotopic (exact) mass is 182 g/mol. The van der Waals surface area contributed by atoms with E-state index >= 15 is 0 Å². The van der Waals surface area contributed by atoms with Crippen LogP contribution in [0.1, 0.15) is 19.3 Å². The molecule has 13 heavy (non-hydrogen) atoms. The minimum atomic E-state index is 0.865. The number of hydrogen-bond acceptors (Lipinski definition) is 3. The molecule has 1 saturated heterocycles. The van der Waals surface area contributed by atoms with Crippen molar-refractivity contribution in [3.05, 3.63) is 11.9 Å². The third kappa shape index (κ3) is 2.76. The number of carbonyl (C=O) groups is 1. The van der Waals surface area contributed by atoms with Gasteiger partial charge >= 0.3 is 0 Å². The average Bonchev–Trinajstić information content (AvgIpc) is 2.15. The normalized spacial score (nSPS) is 18.6. The number of rotatable bonds is 3. The highest BCUT2D eigenvalue weighted by Gasteiger charge is 2.13. The first-order valence-corrected chi connectivity index (χ1v) is 4.83. The molecule has 1 fully saturated rings. The van der Waals surface area contributed by atoms with Crippen molar-refractivity contribution in [2.75, 3.05) is 27.2 Å². The van der Waals surface area contributed by atoms with Gasteiger partial charge < -0.3 is 9.80 Å². The summed E-state index contributed by atoms with van der Waals surface area (Å²) < 4.78 is 0. The van der Waals surface area contributed by atoms with Crippen molar-refractivity contribution in [3.8, 4) is 0 Å². The molecular formula is C10H18N2O. The third-order valence-corrected chi connectivity index (χ3v) is 2.36. The van der Waals surface area contributed by atoms with Crippen molar-refractivity contribution in [2.45, 2.75) is 19.3 Å². The van der Waals surface area contributed by atoms with Gasteiger partial charge in [0, 0.05) is 33.3 Å². The summed E-state index contributed by atoms with van der Waals surface area (Å²) in [5.74, 6) is 1.04. The van der Waals surface area contributed by atoms with E-state index in [-0.39, 0.29) is 0 Å². The van der Waals surface area contributed by atoms with E-state index in [4.69, 9.17) is 0 Å². The molecule has 0 atom stereocenters.